The summed E-state index contributed by atoms with van der Waals surface area (Å²) >= 11 is 0. The molecule has 0 aromatic heterocycles. The molecule has 0 aliphatic rings. The van der Waals surface area contributed by atoms with Gasteiger partial charge in [0.15, 0.2) is 0 Å². The Hall–Kier alpha value is -2.83. The van der Waals surface area contributed by atoms with Crippen molar-refractivity contribution in [2.45, 2.75) is 25.3 Å². The number of hydrogen-bond donors (Lipinski definition) is 1. The molecule has 0 radical (unpaired) electrons. The molecule has 0 unspecified atom stereocenters. The summed E-state index contributed by atoms with van der Waals surface area (Å²) in [6.45, 7) is 0. The van der Waals surface area contributed by atoms with Crippen LogP contribution in [0.1, 0.15) is 28.8 Å². The van der Waals surface area contributed by atoms with Crippen molar-refractivity contribution in [3.8, 4) is 0 Å². The third-order valence-electron chi connectivity index (χ3n) is 3.83. The number of aryl methyl sites for hydroxylation is 1. The Morgan fingerprint density at radius 2 is 1.69 bits per heavy atom. The first-order chi connectivity index (χ1) is 12.4. The van der Waals surface area contributed by atoms with E-state index in [0.29, 0.717) is 25.0 Å². The van der Waals surface area contributed by atoms with E-state index in [2.05, 4.69) is 10.1 Å². The van der Waals surface area contributed by atoms with Crippen LogP contribution < -0.4 is 5.32 Å². The SMILES string of the molecule is COC(=O)[C@H](CCCc1ccccc1)NC(=O)c1c(F)cc(F)cc1F. The zero-order valence-corrected chi connectivity index (χ0v) is 14.1. The highest BCUT2D eigenvalue weighted by molar-refractivity contribution is 5.97. The van der Waals surface area contributed by atoms with E-state index >= 15 is 0 Å². The average molecular weight is 365 g/mol. The summed E-state index contributed by atoms with van der Waals surface area (Å²) in [5.74, 6) is -5.69. The highest BCUT2D eigenvalue weighted by atomic mass is 19.1. The van der Waals surface area contributed by atoms with Gasteiger partial charge in [-0.1, -0.05) is 30.3 Å². The smallest absolute Gasteiger partial charge is 0.328 e. The molecule has 0 aliphatic heterocycles. The fourth-order valence-electron chi connectivity index (χ4n) is 2.54. The van der Waals surface area contributed by atoms with Gasteiger partial charge in [-0.25, -0.2) is 18.0 Å². The van der Waals surface area contributed by atoms with E-state index in [1.807, 2.05) is 30.3 Å². The lowest BCUT2D eigenvalue weighted by molar-refractivity contribution is -0.143. The highest BCUT2D eigenvalue weighted by Crippen LogP contribution is 2.16. The molecule has 2 aromatic rings. The van der Waals surface area contributed by atoms with E-state index in [1.54, 1.807) is 0 Å². The number of methoxy groups -OCH3 is 1. The zero-order valence-electron chi connectivity index (χ0n) is 14.1. The number of carbonyl (C=O) groups is 2. The molecule has 2 rings (SSSR count). The number of esters is 1. The predicted octanol–water partition coefficient (Wildman–Crippen LogP) is 3.40. The van der Waals surface area contributed by atoms with Crippen LogP contribution in [0, 0.1) is 17.5 Å². The van der Waals surface area contributed by atoms with E-state index in [4.69, 9.17) is 0 Å². The van der Waals surface area contributed by atoms with Gasteiger partial charge in [0.2, 0.25) is 0 Å². The van der Waals surface area contributed by atoms with Crippen LogP contribution in [-0.2, 0) is 16.0 Å². The number of ether oxygens (including phenoxy) is 1. The van der Waals surface area contributed by atoms with Crippen LogP contribution >= 0.6 is 0 Å². The van der Waals surface area contributed by atoms with Gasteiger partial charge in [-0.15, -0.1) is 0 Å². The number of nitrogens with one attached hydrogen (secondary N) is 1. The van der Waals surface area contributed by atoms with Gasteiger partial charge in [0, 0.05) is 12.1 Å². The van der Waals surface area contributed by atoms with Crippen LogP contribution in [0.25, 0.3) is 0 Å². The number of rotatable bonds is 7. The molecular weight excluding hydrogens is 347 g/mol. The lowest BCUT2D eigenvalue weighted by atomic mass is 10.0. The first-order valence-corrected chi connectivity index (χ1v) is 7.99. The average Bonchev–Trinajstić information content (AvgIpc) is 2.60. The van der Waals surface area contributed by atoms with E-state index in [9.17, 15) is 22.8 Å². The van der Waals surface area contributed by atoms with Crippen LogP contribution in [0.5, 0.6) is 0 Å². The van der Waals surface area contributed by atoms with Gasteiger partial charge in [0.25, 0.3) is 5.91 Å². The Morgan fingerprint density at radius 3 is 2.27 bits per heavy atom. The minimum Gasteiger partial charge on any atom is -0.467 e. The molecule has 7 heteroatoms. The highest BCUT2D eigenvalue weighted by Gasteiger charge is 2.25. The summed E-state index contributed by atoms with van der Waals surface area (Å²) in [6, 6.07) is 9.24. The summed E-state index contributed by atoms with van der Waals surface area (Å²) in [6.07, 6.45) is 1.42. The zero-order chi connectivity index (χ0) is 19.1. The van der Waals surface area contributed by atoms with Crippen molar-refractivity contribution in [3.63, 3.8) is 0 Å². The van der Waals surface area contributed by atoms with E-state index in [-0.39, 0.29) is 6.42 Å². The molecule has 0 fully saturated rings. The van der Waals surface area contributed by atoms with Crippen LogP contribution in [0.15, 0.2) is 42.5 Å². The fraction of sp³-hybridized carbons (Fsp3) is 0.263. The van der Waals surface area contributed by atoms with Crippen molar-refractivity contribution in [2.24, 2.45) is 0 Å². The molecule has 0 saturated heterocycles. The monoisotopic (exact) mass is 365 g/mol. The largest absolute Gasteiger partial charge is 0.467 e. The number of carbonyl (C=O) groups excluding carboxylic acids is 2. The third kappa shape index (κ3) is 5.08. The van der Waals surface area contributed by atoms with E-state index in [0.717, 1.165) is 12.7 Å². The van der Waals surface area contributed by atoms with Crippen LogP contribution in [0.3, 0.4) is 0 Å². The molecule has 1 amide bonds. The van der Waals surface area contributed by atoms with Crippen molar-refractivity contribution < 1.29 is 27.5 Å². The van der Waals surface area contributed by atoms with Crippen molar-refractivity contribution in [3.05, 3.63) is 71.0 Å². The number of amides is 1. The second-order valence-electron chi connectivity index (χ2n) is 5.67. The third-order valence-corrected chi connectivity index (χ3v) is 3.83. The molecule has 0 aliphatic carbocycles. The van der Waals surface area contributed by atoms with Crippen LogP contribution in [0.4, 0.5) is 13.2 Å². The normalized spacial score (nSPS) is 11.7. The number of benzene rings is 2. The molecule has 4 nitrogen and oxygen atoms in total. The Labute approximate surface area is 149 Å². The maximum absolute atomic E-state index is 13.7. The fourth-order valence-corrected chi connectivity index (χ4v) is 2.54. The molecule has 0 spiro atoms. The van der Waals surface area contributed by atoms with Gasteiger partial charge in [-0.3, -0.25) is 4.79 Å². The maximum atomic E-state index is 13.7. The first kappa shape index (κ1) is 19.5. The summed E-state index contributed by atoms with van der Waals surface area (Å²) in [4.78, 5) is 24.0. The summed E-state index contributed by atoms with van der Waals surface area (Å²) < 4.78 is 45.0. The topological polar surface area (TPSA) is 55.4 Å². The van der Waals surface area contributed by atoms with Crippen molar-refractivity contribution in [2.75, 3.05) is 7.11 Å². The summed E-state index contributed by atoms with van der Waals surface area (Å²) in [7, 11) is 1.15. The van der Waals surface area contributed by atoms with Gasteiger partial charge in [0.1, 0.15) is 29.1 Å². The minimum absolute atomic E-state index is 0.220. The van der Waals surface area contributed by atoms with Gasteiger partial charge in [-0.2, -0.15) is 0 Å². The van der Waals surface area contributed by atoms with Crippen molar-refractivity contribution >= 4 is 11.9 Å². The standard InChI is InChI=1S/C19H18F3NO3/c1-26-19(25)16(9-5-8-12-6-3-2-4-7-12)23-18(24)17-14(21)10-13(20)11-15(17)22/h2-4,6-7,10-11,16H,5,8-9H2,1H3,(H,23,24)/t16-/m0/s1. The molecule has 1 N–H and O–H groups in total. The molecular formula is C19H18F3NO3. The molecule has 26 heavy (non-hydrogen) atoms. The second kappa shape index (κ2) is 9.03. The van der Waals surface area contributed by atoms with Crippen LogP contribution in [-0.4, -0.2) is 25.0 Å². The van der Waals surface area contributed by atoms with Crippen molar-refractivity contribution in [1.29, 1.82) is 0 Å². The van der Waals surface area contributed by atoms with E-state index < -0.39 is 40.9 Å². The molecule has 0 heterocycles. The summed E-state index contributed by atoms with van der Waals surface area (Å²) in [5, 5.41) is 2.26. The predicted molar refractivity (Wildman–Crippen MR) is 89.0 cm³/mol. The maximum Gasteiger partial charge on any atom is 0.328 e. The first-order valence-electron chi connectivity index (χ1n) is 7.99. The number of hydrogen-bond acceptors (Lipinski definition) is 3. The Morgan fingerprint density at radius 1 is 1.08 bits per heavy atom. The molecule has 0 bridgehead atoms. The van der Waals surface area contributed by atoms with Crippen molar-refractivity contribution in [1.82, 2.24) is 5.32 Å². The minimum atomic E-state index is -1.34. The molecule has 138 valence electrons. The molecule has 1 atom stereocenters. The lowest BCUT2D eigenvalue weighted by Crippen LogP contribution is -2.42. The quantitative estimate of drug-likeness (QED) is 0.765. The van der Waals surface area contributed by atoms with Crippen LogP contribution in [0.2, 0.25) is 0 Å². The van der Waals surface area contributed by atoms with Gasteiger partial charge in [-0.05, 0) is 24.8 Å². The van der Waals surface area contributed by atoms with Gasteiger partial charge < -0.3 is 10.1 Å². The second-order valence-corrected chi connectivity index (χ2v) is 5.67. The Bertz CT molecular complexity index is 758. The van der Waals surface area contributed by atoms with Gasteiger partial charge >= 0.3 is 5.97 Å². The molecule has 2 aromatic carbocycles. The Kier molecular flexibility index (Phi) is 6.77. The Balaban J connectivity index is 2.05. The number of halogens is 3. The lowest BCUT2D eigenvalue weighted by Gasteiger charge is -2.17. The molecule has 0 saturated carbocycles. The summed E-state index contributed by atoms with van der Waals surface area (Å²) in [5.41, 5.74) is 0.112. The van der Waals surface area contributed by atoms with E-state index in [1.165, 1.54) is 0 Å². The van der Waals surface area contributed by atoms with Gasteiger partial charge in [0.05, 0.1) is 7.11 Å².